The number of ether oxygens (including phenoxy) is 1. The second-order valence-corrected chi connectivity index (χ2v) is 7.20. The summed E-state index contributed by atoms with van der Waals surface area (Å²) in [6, 6.07) is 14.6. The molecule has 152 valence electrons. The van der Waals surface area contributed by atoms with Gasteiger partial charge in [-0.2, -0.15) is 0 Å². The lowest BCUT2D eigenvalue weighted by Crippen LogP contribution is -2.22. The zero-order valence-electron chi connectivity index (χ0n) is 17.2. The summed E-state index contributed by atoms with van der Waals surface area (Å²) in [7, 11) is 0. The van der Waals surface area contributed by atoms with E-state index in [0.717, 1.165) is 16.8 Å². The Labute approximate surface area is 174 Å². The molecule has 0 aliphatic heterocycles. The monoisotopic (exact) mass is 401 g/mol. The van der Waals surface area contributed by atoms with E-state index >= 15 is 0 Å². The Bertz CT molecular complexity index is 1320. The third-order valence-electron chi connectivity index (χ3n) is 5.28. The summed E-state index contributed by atoms with van der Waals surface area (Å²) in [6.07, 6.45) is 1.63. The number of rotatable bonds is 5. The van der Waals surface area contributed by atoms with Gasteiger partial charge in [0, 0.05) is 11.9 Å². The number of nitrogens with one attached hydrogen (secondary N) is 1. The number of carbonyl (C=O) groups excluding carboxylic acids is 1. The lowest BCUT2D eigenvalue weighted by atomic mass is 10.1. The number of aromatic nitrogens is 2. The smallest absolute Gasteiger partial charge is 0.244 e. The number of aryl methyl sites for hydroxylation is 1. The minimum Gasteiger partial charge on any atom is -0.494 e. The number of hydrogen-bond donors (Lipinski definition) is 1. The van der Waals surface area contributed by atoms with Crippen LogP contribution in [0.3, 0.4) is 0 Å². The zero-order chi connectivity index (χ0) is 21.3. The summed E-state index contributed by atoms with van der Waals surface area (Å²) >= 11 is 0. The molecule has 0 radical (unpaired) electrons. The highest BCUT2D eigenvalue weighted by molar-refractivity contribution is 5.96. The number of anilines is 1. The van der Waals surface area contributed by atoms with Crippen LogP contribution in [0.15, 0.2) is 59.5 Å². The predicted molar refractivity (Wildman–Crippen MR) is 119 cm³/mol. The molecule has 6 nitrogen and oxygen atoms in total. The van der Waals surface area contributed by atoms with Crippen LogP contribution in [0.1, 0.15) is 18.1 Å². The van der Waals surface area contributed by atoms with Crippen molar-refractivity contribution in [1.29, 1.82) is 0 Å². The van der Waals surface area contributed by atoms with Crippen molar-refractivity contribution in [3.63, 3.8) is 0 Å². The zero-order valence-corrected chi connectivity index (χ0v) is 17.2. The minimum atomic E-state index is -0.186. The summed E-state index contributed by atoms with van der Waals surface area (Å²) in [5.74, 6) is 0.436. The SMILES string of the molecule is CCOc1ccc2c(c1)c(=O)c1cccnc1n2CC(=O)Nc1cccc(C)c1C. The van der Waals surface area contributed by atoms with E-state index in [0.29, 0.717) is 34.3 Å². The molecule has 2 aromatic heterocycles. The highest BCUT2D eigenvalue weighted by Crippen LogP contribution is 2.23. The second kappa shape index (κ2) is 7.99. The van der Waals surface area contributed by atoms with E-state index in [1.807, 2.05) is 39.0 Å². The van der Waals surface area contributed by atoms with Crippen LogP contribution < -0.4 is 15.5 Å². The molecule has 4 rings (SSSR count). The van der Waals surface area contributed by atoms with E-state index in [1.54, 1.807) is 41.1 Å². The molecule has 0 fully saturated rings. The van der Waals surface area contributed by atoms with Crippen LogP contribution in [-0.2, 0) is 11.3 Å². The molecule has 0 saturated carbocycles. The Kier molecular flexibility index (Phi) is 5.23. The van der Waals surface area contributed by atoms with Gasteiger partial charge in [-0.3, -0.25) is 9.59 Å². The van der Waals surface area contributed by atoms with E-state index in [9.17, 15) is 9.59 Å². The average molecular weight is 401 g/mol. The number of carbonyl (C=O) groups is 1. The van der Waals surface area contributed by atoms with E-state index in [2.05, 4.69) is 10.3 Å². The molecule has 6 heteroatoms. The first-order chi connectivity index (χ1) is 14.5. The fourth-order valence-corrected chi connectivity index (χ4v) is 3.62. The van der Waals surface area contributed by atoms with Crippen molar-refractivity contribution in [3.05, 3.63) is 76.1 Å². The third kappa shape index (κ3) is 3.52. The molecular weight excluding hydrogens is 378 g/mol. The molecule has 0 spiro atoms. The largest absolute Gasteiger partial charge is 0.494 e. The fourth-order valence-electron chi connectivity index (χ4n) is 3.62. The Balaban J connectivity index is 1.82. The molecule has 30 heavy (non-hydrogen) atoms. The summed E-state index contributed by atoms with van der Waals surface area (Å²) in [6.45, 7) is 6.42. The van der Waals surface area contributed by atoms with Crippen molar-refractivity contribution < 1.29 is 9.53 Å². The van der Waals surface area contributed by atoms with Crippen LogP contribution >= 0.6 is 0 Å². The Morgan fingerprint density at radius 1 is 1.10 bits per heavy atom. The van der Waals surface area contributed by atoms with Crippen molar-refractivity contribution in [3.8, 4) is 5.75 Å². The van der Waals surface area contributed by atoms with Gasteiger partial charge in [0.15, 0.2) is 5.43 Å². The van der Waals surface area contributed by atoms with Crippen LogP contribution in [-0.4, -0.2) is 22.1 Å². The summed E-state index contributed by atoms with van der Waals surface area (Å²) in [5.41, 5.74) is 3.92. The quantitative estimate of drug-likeness (QED) is 0.509. The van der Waals surface area contributed by atoms with Crippen LogP contribution in [0.4, 0.5) is 5.69 Å². The summed E-state index contributed by atoms with van der Waals surface area (Å²) < 4.78 is 7.34. The van der Waals surface area contributed by atoms with Crippen LogP contribution in [0.5, 0.6) is 5.75 Å². The van der Waals surface area contributed by atoms with Gasteiger partial charge in [-0.1, -0.05) is 12.1 Å². The number of hydrogen-bond acceptors (Lipinski definition) is 4. The highest BCUT2D eigenvalue weighted by atomic mass is 16.5. The summed E-state index contributed by atoms with van der Waals surface area (Å²) in [4.78, 5) is 30.4. The number of fused-ring (bicyclic) bond motifs is 2. The van der Waals surface area contributed by atoms with E-state index in [4.69, 9.17) is 4.74 Å². The molecule has 0 atom stereocenters. The van der Waals surface area contributed by atoms with E-state index < -0.39 is 0 Å². The van der Waals surface area contributed by atoms with Crippen molar-refractivity contribution in [2.24, 2.45) is 0 Å². The topological polar surface area (TPSA) is 73.2 Å². The first kappa shape index (κ1) is 19.6. The van der Waals surface area contributed by atoms with Gasteiger partial charge in [0.25, 0.3) is 0 Å². The normalized spacial score (nSPS) is 11.0. The summed E-state index contributed by atoms with van der Waals surface area (Å²) in [5, 5.41) is 3.96. The van der Waals surface area contributed by atoms with Gasteiger partial charge in [-0.05, 0) is 68.3 Å². The first-order valence-electron chi connectivity index (χ1n) is 9.89. The first-order valence-corrected chi connectivity index (χ1v) is 9.89. The van der Waals surface area contributed by atoms with E-state index in [1.165, 1.54) is 0 Å². The van der Waals surface area contributed by atoms with Gasteiger partial charge in [0.05, 0.1) is 22.9 Å². The number of benzene rings is 2. The minimum absolute atomic E-state index is 0.0334. The van der Waals surface area contributed by atoms with E-state index in [-0.39, 0.29) is 17.9 Å². The molecule has 2 heterocycles. The maximum absolute atomic E-state index is 13.0. The standard InChI is InChI=1S/C24H23N3O3/c1-4-30-17-10-11-21-19(13-17)23(29)18-8-6-12-25-24(18)27(21)14-22(28)26-20-9-5-7-15(2)16(20)3/h5-13H,4,14H2,1-3H3,(H,26,28). The lowest BCUT2D eigenvalue weighted by molar-refractivity contribution is -0.116. The maximum Gasteiger partial charge on any atom is 0.244 e. The predicted octanol–water partition coefficient (Wildman–Crippen LogP) is 4.20. The molecule has 4 aromatic rings. The molecule has 0 unspecified atom stereocenters. The fraction of sp³-hybridized carbons (Fsp3) is 0.208. The third-order valence-corrected chi connectivity index (χ3v) is 5.28. The number of amides is 1. The molecule has 1 amide bonds. The van der Waals surface area contributed by atoms with Crippen molar-refractivity contribution in [1.82, 2.24) is 9.55 Å². The Hall–Kier alpha value is -3.67. The maximum atomic E-state index is 13.0. The van der Waals surface area contributed by atoms with Gasteiger partial charge >= 0.3 is 0 Å². The number of pyridine rings is 2. The Morgan fingerprint density at radius 3 is 2.73 bits per heavy atom. The van der Waals surface area contributed by atoms with Crippen molar-refractivity contribution in [2.75, 3.05) is 11.9 Å². The molecule has 0 aliphatic rings. The van der Waals surface area contributed by atoms with Crippen LogP contribution in [0.25, 0.3) is 21.9 Å². The van der Waals surface area contributed by atoms with Gasteiger partial charge in [0.1, 0.15) is 17.9 Å². The van der Waals surface area contributed by atoms with Gasteiger partial charge in [-0.15, -0.1) is 0 Å². The van der Waals surface area contributed by atoms with Crippen LogP contribution in [0.2, 0.25) is 0 Å². The lowest BCUT2D eigenvalue weighted by Gasteiger charge is -2.16. The van der Waals surface area contributed by atoms with Crippen molar-refractivity contribution >= 4 is 33.5 Å². The van der Waals surface area contributed by atoms with Gasteiger partial charge in [0.2, 0.25) is 5.91 Å². The molecular formula is C24H23N3O3. The molecule has 2 aromatic carbocycles. The molecule has 0 aliphatic carbocycles. The van der Waals surface area contributed by atoms with Crippen molar-refractivity contribution in [2.45, 2.75) is 27.3 Å². The Morgan fingerprint density at radius 2 is 1.93 bits per heavy atom. The van der Waals surface area contributed by atoms with Gasteiger partial charge in [-0.25, -0.2) is 4.98 Å². The molecule has 1 N–H and O–H groups in total. The number of nitrogens with zero attached hydrogens (tertiary/aromatic N) is 2. The average Bonchev–Trinajstić information content (AvgIpc) is 2.75. The highest BCUT2D eigenvalue weighted by Gasteiger charge is 2.15. The van der Waals surface area contributed by atoms with Crippen LogP contribution in [0, 0.1) is 13.8 Å². The molecule has 0 saturated heterocycles. The molecule has 0 bridgehead atoms. The van der Waals surface area contributed by atoms with Gasteiger partial charge < -0.3 is 14.6 Å². The second-order valence-electron chi connectivity index (χ2n) is 7.20.